The number of fused-ring (bicyclic) bond motifs is 1. The van der Waals surface area contributed by atoms with E-state index < -0.39 is 0 Å². The van der Waals surface area contributed by atoms with Gasteiger partial charge in [-0.2, -0.15) is 0 Å². The molecule has 4 aromatic rings. The quantitative estimate of drug-likeness (QED) is 0.352. The summed E-state index contributed by atoms with van der Waals surface area (Å²) < 4.78 is 11.8. The minimum atomic E-state index is -0.354. The number of urea groups is 1. The summed E-state index contributed by atoms with van der Waals surface area (Å²) in [5.41, 5.74) is 2.61. The van der Waals surface area contributed by atoms with E-state index in [-0.39, 0.29) is 17.7 Å². The number of hydrogen-bond acceptors (Lipinski definition) is 4. The molecule has 0 bridgehead atoms. The van der Waals surface area contributed by atoms with Gasteiger partial charge in [0.05, 0.1) is 12.8 Å². The van der Waals surface area contributed by atoms with Gasteiger partial charge < -0.3 is 24.8 Å². The summed E-state index contributed by atoms with van der Waals surface area (Å²) in [5, 5.41) is 9.11. The summed E-state index contributed by atoms with van der Waals surface area (Å²) in [4.78, 5) is 24.6. The van der Waals surface area contributed by atoms with Crippen LogP contribution in [0.15, 0.2) is 74.2 Å². The minimum absolute atomic E-state index is 0.266. The number of anilines is 2. The molecule has 0 atom stereocenters. The molecule has 152 valence electrons. The van der Waals surface area contributed by atoms with Gasteiger partial charge in [0, 0.05) is 26.8 Å². The number of nitrogens with one attached hydrogen (secondary N) is 3. The average molecular weight is 468 g/mol. The third-order valence-electron chi connectivity index (χ3n) is 4.51. The third kappa shape index (κ3) is 4.38. The summed E-state index contributed by atoms with van der Waals surface area (Å²) in [5.74, 6) is 0.593. The number of aryl methyl sites for hydroxylation is 1. The van der Waals surface area contributed by atoms with Gasteiger partial charge in [-0.1, -0.05) is 15.9 Å². The standard InChI is InChI=1S/C22H18BrN3O4/c1-13-18-11-14(23)4-9-19(18)30-20(13)21(27)25-15-5-7-16(8-6-15)26-22(28)24-12-17-3-2-10-29-17/h2-11H,12H2,1H3,(H,25,27)(H2,24,26,28). The lowest BCUT2D eigenvalue weighted by Crippen LogP contribution is -2.27. The Hall–Kier alpha value is -3.52. The van der Waals surface area contributed by atoms with Crippen molar-refractivity contribution >= 4 is 50.2 Å². The first kappa shape index (κ1) is 19.8. The van der Waals surface area contributed by atoms with Gasteiger partial charge in [-0.3, -0.25) is 4.79 Å². The van der Waals surface area contributed by atoms with Gasteiger partial charge in [-0.25, -0.2) is 4.79 Å². The van der Waals surface area contributed by atoms with Crippen LogP contribution >= 0.6 is 15.9 Å². The molecule has 30 heavy (non-hydrogen) atoms. The predicted octanol–water partition coefficient (Wildman–Crippen LogP) is 5.67. The fourth-order valence-electron chi connectivity index (χ4n) is 2.99. The Morgan fingerprint density at radius 3 is 2.43 bits per heavy atom. The van der Waals surface area contributed by atoms with E-state index >= 15 is 0 Å². The van der Waals surface area contributed by atoms with Crippen LogP contribution in [0.2, 0.25) is 0 Å². The van der Waals surface area contributed by atoms with Crippen LogP contribution in [0, 0.1) is 6.92 Å². The molecule has 7 nitrogen and oxygen atoms in total. The van der Waals surface area contributed by atoms with Crippen LogP contribution in [0.5, 0.6) is 0 Å². The second-order valence-corrected chi connectivity index (χ2v) is 7.53. The zero-order chi connectivity index (χ0) is 21.1. The maximum Gasteiger partial charge on any atom is 0.319 e. The Morgan fingerprint density at radius 1 is 1.00 bits per heavy atom. The summed E-state index contributed by atoms with van der Waals surface area (Å²) in [7, 11) is 0. The van der Waals surface area contributed by atoms with Gasteiger partial charge in [-0.15, -0.1) is 0 Å². The molecule has 3 N–H and O–H groups in total. The molecular weight excluding hydrogens is 450 g/mol. The van der Waals surface area contributed by atoms with Gasteiger partial charge in [0.2, 0.25) is 0 Å². The number of rotatable bonds is 5. The van der Waals surface area contributed by atoms with Crippen molar-refractivity contribution < 1.29 is 18.4 Å². The molecule has 2 aromatic heterocycles. The van der Waals surface area contributed by atoms with Crippen LogP contribution in [-0.4, -0.2) is 11.9 Å². The predicted molar refractivity (Wildman–Crippen MR) is 118 cm³/mol. The minimum Gasteiger partial charge on any atom is -0.467 e. The summed E-state index contributed by atoms with van der Waals surface area (Å²) in [6.45, 7) is 2.14. The number of carbonyl (C=O) groups excluding carboxylic acids is 2. The number of halogens is 1. The van der Waals surface area contributed by atoms with Gasteiger partial charge in [0.15, 0.2) is 5.76 Å². The first-order valence-corrected chi connectivity index (χ1v) is 9.96. The maximum absolute atomic E-state index is 12.6. The highest BCUT2D eigenvalue weighted by atomic mass is 79.9. The van der Waals surface area contributed by atoms with Gasteiger partial charge in [0.25, 0.3) is 5.91 Å². The van der Waals surface area contributed by atoms with Crippen molar-refractivity contribution in [3.8, 4) is 0 Å². The number of carbonyl (C=O) groups is 2. The second kappa shape index (κ2) is 8.46. The lowest BCUT2D eigenvalue weighted by molar-refractivity contribution is 0.0998. The van der Waals surface area contributed by atoms with Crippen LogP contribution in [0.3, 0.4) is 0 Å². The van der Waals surface area contributed by atoms with Crippen LogP contribution in [0.4, 0.5) is 16.2 Å². The van der Waals surface area contributed by atoms with Crippen molar-refractivity contribution in [1.82, 2.24) is 5.32 Å². The summed E-state index contributed by atoms with van der Waals surface area (Å²) in [6, 6.07) is 15.6. The van der Waals surface area contributed by atoms with E-state index in [4.69, 9.17) is 8.83 Å². The van der Waals surface area contributed by atoms with E-state index in [0.29, 0.717) is 29.3 Å². The second-order valence-electron chi connectivity index (χ2n) is 6.62. The van der Waals surface area contributed by atoms with E-state index in [1.165, 1.54) is 0 Å². The number of furan rings is 2. The topological polar surface area (TPSA) is 96.5 Å². The molecule has 0 aliphatic carbocycles. The highest BCUT2D eigenvalue weighted by molar-refractivity contribution is 9.10. The maximum atomic E-state index is 12.6. The summed E-state index contributed by atoms with van der Waals surface area (Å²) >= 11 is 3.43. The van der Waals surface area contributed by atoms with E-state index in [1.54, 1.807) is 42.7 Å². The van der Waals surface area contributed by atoms with Gasteiger partial charge in [0.1, 0.15) is 11.3 Å². The lowest BCUT2D eigenvalue weighted by Gasteiger charge is -2.08. The molecule has 0 aliphatic heterocycles. The molecule has 2 aromatic carbocycles. The van der Waals surface area contributed by atoms with Crippen LogP contribution in [-0.2, 0) is 6.54 Å². The van der Waals surface area contributed by atoms with Crippen molar-refractivity contribution in [3.05, 3.63) is 82.4 Å². The first-order chi connectivity index (χ1) is 14.5. The molecule has 8 heteroatoms. The molecule has 3 amide bonds. The van der Waals surface area contributed by atoms with Crippen LogP contribution < -0.4 is 16.0 Å². The molecule has 0 unspecified atom stereocenters. The average Bonchev–Trinajstić information content (AvgIpc) is 3.36. The van der Waals surface area contributed by atoms with Crippen molar-refractivity contribution in [1.29, 1.82) is 0 Å². The Kier molecular flexibility index (Phi) is 5.58. The molecule has 0 radical (unpaired) electrons. The van der Waals surface area contributed by atoms with Crippen LogP contribution in [0.1, 0.15) is 21.9 Å². The van der Waals surface area contributed by atoms with Gasteiger partial charge >= 0.3 is 6.03 Å². The molecule has 0 fully saturated rings. The third-order valence-corrected chi connectivity index (χ3v) is 5.00. The molecule has 2 heterocycles. The SMILES string of the molecule is Cc1c(C(=O)Nc2ccc(NC(=O)NCc3ccco3)cc2)oc2ccc(Br)cc12. The van der Waals surface area contributed by atoms with E-state index in [1.807, 2.05) is 25.1 Å². The fourth-order valence-corrected chi connectivity index (χ4v) is 3.35. The largest absolute Gasteiger partial charge is 0.467 e. The zero-order valence-corrected chi connectivity index (χ0v) is 17.6. The van der Waals surface area contributed by atoms with E-state index in [9.17, 15) is 9.59 Å². The van der Waals surface area contributed by atoms with Crippen molar-refractivity contribution in [3.63, 3.8) is 0 Å². The van der Waals surface area contributed by atoms with Crippen molar-refractivity contribution in [2.75, 3.05) is 10.6 Å². The van der Waals surface area contributed by atoms with Crippen LogP contribution in [0.25, 0.3) is 11.0 Å². The smallest absolute Gasteiger partial charge is 0.319 e. The Morgan fingerprint density at radius 2 is 1.73 bits per heavy atom. The number of hydrogen-bond donors (Lipinski definition) is 3. The Bertz CT molecular complexity index is 1200. The highest BCUT2D eigenvalue weighted by Gasteiger charge is 2.18. The van der Waals surface area contributed by atoms with Crippen molar-refractivity contribution in [2.24, 2.45) is 0 Å². The first-order valence-electron chi connectivity index (χ1n) is 9.17. The lowest BCUT2D eigenvalue weighted by atomic mass is 10.1. The number of benzene rings is 2. The number of amides is 3. The monoisotopic (exact) mass is 467 g/mol. The van der Waals surface area contributed by atoms with E-state index in [0.717, 1.165) is 15.4 Å². The Labute approximate surface area is 180 Å². The fraction of sp³-hybridized carbons (Fsp3) is 0.0909. The molecule has 0 saturated carbocycles. The molecular formula is C22H18BrN3O4. The molecule has 0 saturated heterocycles. The highest BCUT2D eigenvalue weighted by Crippen LogP contribution is 2.28. The Balaban J connectivity index is 1.38. The molecule has 4 rings (SSSR count). The summed E-state index contributed by atoms with van der Waals surface area (Å²) in [6.07, 6.45) is 1.55. The molecule has 0 aliphatic rings. The van der Waals surface area contributed by atoms with E-state index in [2.05, 4.69) is 31.9 Å². The normalized spacial score (nSPS) is 10.7. The van der Waals surface area contributed by atoms with Gasteiger partial charge in [-0.05, 0) is 61.5 Å². The molecule has 0 spiro atoms. The zero-order valence-electron chi connectivity index (χ0n) is 16.0. The van der Waals surface area contributed by atoms with Crippen molar-refractivity contribution in [2.45, 2.75) is 13.5 Å².